The molecule has 2 rings (SSSR count). The van der Waals surface area contributed by atoms with Crippen LogP contribution in [0.4, 0.5) is 8.78 Å². The molecule has 110 valence electrons. The van der Waals surface area contributed by atoms with E-state index in [1.807, 2.05) is 12.3 Å². The van der Waals surface area contributed by atoms with Gasteiger partial charge in [0.2, 0.25) is 0 Å². The van der Waals surface area contributed by atoms with E-state index >= 15 is 0 Å². The van der Waals surface area contributed by atoms with E-state index in [0.717, 1.165) is 5.56 Å². The summed E-state index contributed by atoms with van der Waals surface area (Å²) in [7, 11) is 0. The van der Waals surface area contributed by atoms with Crippen molar-refractivity contribution in [3.63, 3.8) is 0 Å². The molecule has 1 aromatic rings. The summed E-state index contributed by atoms with van der Waals surface area (Å²) in [6.45, 7) is -1.47. The quantitative estimate of drug-likeness (QED) is 0.833. The van der Waals surface area contributed by atoms with Crippen LogP contribution in [0.25, 0.3) is 6.08 Å². The number of halogens is 2. The molecule has 0 spiro atoms. The fourth-order valence-electron chi connectivity index (χ4n) is 1.70. The Labute approximate surface area is 120 Å². The van der Waals surface area contributed by atoms with E-state index in [9.17, 15) is 8.78 Å². The minimum Gasteiger partial charge on any atom is -0.435 e. The molecule has 3 nitrogen and oxygen atoms in total. The van der Waals surface area contributed by atoms with Crippen molar-refractivity contribution in [2.75, 3.05) is 19.5 Å². The average molecular weight is 302 g/mol. The highest BCUT2D eigenvalue weighted by atomic mass is 32.2. The third-order valence-corrected chi connectivity index (χ3v) is 3.72. The Balaban J connectivity index is 1.85. The van der Waals surface area contributed by atoms with Crippen molar-refractivity contribution in [3.05, 3.63) is 35.9 Å². The second-order valence-corrected chi connectivity index (χ2v) is 5.34. The average Bonchev–Trinajstić information content (AvgIpc) is 2.46. The predicted molar refractivity (Wildman–Crippen MR) is 75.1 cm³/mol. The molecule has 0 atom stereocenters. The van der Waals surface area contributed by atoms with Gasteiger partial charge in [-0.15, -0.1) is 0 Å². The Kier molecular flexibility index (Phi) is 5.82. The van der Waals surface area contributed by atoms with Gasteiger partial charge >= 0.3 is 6.61 Å². The van der Waals surface area contributed by atoms with E-state index in [-0.39, 0.29) is 12.0 Å². The van der Waals surface area contributed by atoms with Gasteiger partial charge in [-0.25, -0.2) is 0 Å². The molecular formula is C14H16F2O3S. The molecule has 0 saturated carbocycles. The molecular weight excluding hydrogens is 286 g/mol. The molecule has 6 heteroatoms. The molecule has 1 aliphatic heterocycles. The lowest BCUT2D eigenvalue weighted by molar-refractivity contribution is -0.145. The van der Waals surface area contributed by atoms with Crippen LogP contribution >= 0.6 is 11.8 Å². The van der Waals surface area contributed by atoms with Gasteiger partial charge in [-0.3, -0.25) is 0 Å². The van der Waals surface area contributed by atoms with Crippen LogP contribution in [0.15, 0.2) is 30.3 Å². The number of alkyl halides is 2. The highest BCUT2D eigenvalue weighted by Crippen LogP contribution is 2.18. The SMILES string of the molecule is CSC1COC(/C=C/c2ccc(OC(F)F)cc2)OC1. The minimum absolute atomic E-state index is 0.144. The smallest absolute Gasteiger partial charge is 0.387 e. The van der Waals surface area contributed by atoms with Gasteiger partial charge in [0.1, 0.15) is 5.75 Å². The summed E-state index contributed by atoms with van der Waals surface area (Å²) < 4.78 is 39.3. The predicted octanol–water partition coefficient (Wildman–Crippen LogP) is 3.41. The molecule has 0 aliphatic carbocycles. The van der Waals surface area contributed by atoms with Gasteiger partial charge < -0.3 is 14.2 Å². The van der Waals surface area contributed by atoms with E-state index in [4.69, 9.17) is 9.47 Å². The van der Waals surface area contributed by atoms with Crippen LogP contribution < -0.4 is 4.74 Å². The number of thioether (sulfide) groups is 1. The highest BCUT2D eigenvalue weighted by molar-refractivity contribution is 7.99. The van der Waals surface area contributed by atoms with Crippen LogP contribution in [0.3, 0.4) is 0 Å². The lowest BCUT2D eigenvalue weighted by atomic mass is 10.2. The molecule has 1 aliphatic rings. The molecule has 0 N–H and O–H groups in total. The number of hydrogen-bond acceptors (Lipinski definition) is 4. The van der Waals surface area contributed by atoms with Crippen LogP contribution in [-0.4, -0.2) is 37.6 Å². The molecule has 0 aromatic heterocycles. The van der Waals surface area contributed by atoms with Gasteiger partial charge in [-0.1, -0.05) is 18.2 Å². The fourth-order valence-corrected chi connectivity index (χ4v) is 2.13. The zero-order chi connectivity index (χ0) is 14.4. The first kappa shape index (κ1) is 15.3. The lowest BCUT2D eigenvalue weighted by Crippen LogP contribution is -2.32. The van der Waals surface area contributed by atoms with Crippen LogP contribution in [0.2, 0.25) is 0 Å². The van der Waals surface area contributed by atoms with Gasteiger partial charge in [-0.05, 0) is 30.0 Å². The zero-order valence-corrected chi connectivity index (χ0v) is 11.8. The van der Waals surface area contributed by atoms with Crippen LogP contribution in [-0.2, 0) is 9.47 Å². The number of hydrogen-bond donors (Lipinski definition) is 0. The second-order valence-electron chi connectivity index (χ2n) is 4.20. The Morgan fingerprint density at radius 3 is 2.45 bits per heavy atom. The third-order valence-electron chi connectivity index (χ3n) is 2.78. The Morgan fingerprint density at radius 2 is 1.90 bits per heavy atom. The van der Waals surface area contributed by atoms with E-state index in [2.05, 4.69) is 4.74 Å². The summed E-state index contributed by atoms with van der Waals surface area (Å²) in [6, 6.07) is 6.39. The molecule has 1 heterocycles. The minimum atomic E-state index is -2.80. The van der Waals surface area contributed by atoms with Gasteiger partial charge in [-0.2, -0.15) is 20.5 Å². The topological polar surface area (TPSA) is 27.7 Å². The maximum Gasteiger partial charge on any atom is 0.387 e. The summed E-state index contributed by atoms with van der Waals surface area (Å²) >= 11 is 1.72. The Morgan fingerprint density at radius 1 is 1.25 bits per heavy atom. The van der Waals surface area contributed by atoms with Crippen molar-refractivity contribution in [1.82, 2.24) is 0 Å². The van der Waals surface area contributed by atoms with Crippen LogP contribution in [0.5, 0.6) is 5.75 Å². The van der Waals surface area contributed by atoms with Crippen molar-refractivity contribution in [3.8, 4) is 5.75 Å². The first-order valence-electron chi connectivity index (χ1n) is 6.16. The van der Waals surface area contributed by atoms with Gasteiger partial charge in [0, 0.05) is 0 Å². The summed E-state index contributed by atoms with van der Waals surface area (Å²) in [4.78, 5) is 0. The number of ether oxygens (including phenoxy) is 3. The second kappa shape index (κ2) is 7.61. The Bertz CT molecular complexity index is 429. The maximum absolute atomic E-state index is 12.0. The van der Waals surface area contributed by atoms with Crippen molar-refractivity contribution in [2.45, 2.75) is 18.2 Å². The molecule has 0 radical (unpaired) electrons. The zero-order valence-electron chi connectivity index (χ0n) is 11.0. The summed E-state index contributed by atoms with van der Waals surface area (Å²) in [5, 5.41) is 0.380. The molecule has 0 bridgehead atoms. The van der Waals surface area contributed by atoms with Gasteiger partial charge in [0.05, 0.1) is 18.5 Å². The van der Waals surface area contributed by atoms with E-state index < -0.39 is 6.61 Å². The largest absolute Gasteiger partial charge is 0.435 e. The molecule has 0 unspecified atom stereocenters. The van der Waals surface area contributed by atoms with Crippen molar-refractivity contribution >= 4 is 17.8 Å². The van der Waals surface area contributed by atoms with Crippen molar-refractivity contribution in [1.29, 1.82) is 0 Å². The molecule has 1 saturated heterocycles. The van der Waals surface area contributed by atoms with E-state index in [1.54, 1.807) is 30.0 Å². The normalized spacial score (nSPS) is 23.4. The van der Waals surface area contributed by atoms with Crippen molar-refractivity contribution < 1.29 is 23.0 Å². The van der Waals surface area contributed by atoms with Crippen LogP contribution in [0, 0.1) is 0 Å². The van der Waals surface area contributed by atoms with Crippen molar-refractivity contribution in [2.24, 2.45) is 0 Å². The summed E-state index contributed by atoms with van der Waals surface area (Å²) in [5.74, 6) is 0.144. The monoisotopic (exact) mass is 302 g/mol. The molecule has 20 heavy (non-hydrogen) atoms. The van der Waals surface area contributed by atoms with Gasteiger partial charge in [0.25, 0.3) is 0 Å². The van der Waals surface area contributed by atoms with Crippen LogP contribution in [0.1, 0.15) is 5.56 Å². The lowest BCUT2D eigenvalue weighted by Gasteiger charge is -2.26. The van der Waals surface area contributed by atoms with E-state index in [0.29, 0.717) is 18.5 Å². The Hall–Kier alpha value is -1.11. The highest BCUT2D eigenvalue weighted by Gasteiger charge is 2.19. The summed E-state index contributed by atoms with van der Waals surface area (Å²) in [6.07, 6.45) is 5.31. The number of benzene rings is 1. The standard InChI is InChI=1S/C14H16F2O3S/c1-20-12-8-17-13(18-9-12)7-4-10-2-5-11(6-3-10)19-14(15)16/h2-7,12-14H,8-9H2,1H3/b7-4+. The first-order valence-corrected chi connectivity index (χ1v) is 7.45. The molecule has 1 fully saturated rings. The van der Waals surface area contributed by atoms with E-state index in [1.165, 1.54) is 12.1 Å². The number of rotatable bonds is 5. The fraction of sp³-hybridized carbons (Fsp3) is 0.429. The molecule has 1 aromatic carbocycles. The molecule has 0 amide bonds. The third kappa shape index (κ3) is 4.77. The van der Waals surface area contributed by atoms with Gasteiger partial charge in [0.15, 0.2) is 6.29 Å². The summed E-state index contributed by atoms with van der Waals surface area (Å²) in [5.41, 5.74) is 0.866. The first-order chi connectivity index (χ1) is 9.67. The maximum atomic E-state index is 12.0.